The molecule has 174 valence electrons. The molecule has 7 nitrogen and oxygen atoms in total. The number of sulfonamides is 1. The lowest BCUT2D eigenvalue weighted by atomic mass is 9.85. The van der Waals surface area contributed by atoms with E-state index in [4.69, 9.17) is 0 Å². The molecule has 1 aromatic heterocycles. The molecule has 2 fully saturated rings. The van der Waals surface area contributed by atoms with Gasteiger partial charge < -0.3 is 10.3 Å². The summed E-state index contributed by atoms with van der Waals surface area (Å²) in [6.07, 6.45) is 4.91. The summed E-state index contributed by atoms with van der Waals surface area (Å²) in [7, 11) is -3.64. The molecule has 8 heteroatoms. The number of hydrogen-bond acceptors (Lipinski definition) is 4. The first kappa shape index (κ1) is 22.1. The number of benzene rings is 2. The molecule has 2 aromatic carbocycles. The highest BCUT2D eigenvalue weighted by Gasteiger charge is 2.30. The van der Waals surface area contributed by atoms with Crippen LogP contribution in [0.1, 0.15) is 68.8 Å². The van der Waals surface area contributed by atoms with Crippen LogP contribution in [0.15, 0.2) is 53.4 Å². The fourth-order valence-electron chi connectivity index (χ4n) is 4.64. The maximum atomic E-state index is 13.0. The molecule has 3 N–H and O–H groups in total. The Bertz CT molecular complexity index is 1240. The zero-order valence-corrected chi connectivity index (χ0v) is 19.6. The minimum absolute atomic E-state index is 0.0445. The Balaban J connectivity index is 1.17. The van der Waals surface area contributed by atoms with Crippen molar-refractivity contribution in [2.24, 2.45) is 5.92 Å². The second-order valence-electron chi connectivity index (χ2n) is 9.39. The third kappa shape index (κ3) is 4.96. The summed E-state index contributed by atoms with van der Waals surface area (Å²) >= 11 is 0. The lowest BCUT2D eigenvalue weighted by Gasteiger charge is -2.29. The zero-order valence-electron chi connectivity index (χ0n) is 18.8. The van der Waals surface area contributed by atoms with E-state index in [-0.39, 0.29) is 28.8 Å². The number of fused-ring (bicyclic) bond motifs is 1. The van der Waals surface area contributed by atoms with Crippen LogP contribution in [0.5, 0.6) is 0 Å². The molecule has 2 aliphatic rings. The van der Waals surface area contributed by atoms with Crippen molar-refractivity contribution in [3.05, 3.63) is 59.9 Å². The molecule has 1 amide bonds. The smallest absolute Gasteiger partial charge is 0.240 e. The van der Waals surface area contributed by atoms with E-state index in [2.05, 4.69) is 20.0 Å². The predicted molar refractivity (Wildman–Crippen MR) is 127 cm³/mol. The number of rotatable bonds is 7. The molecule has 0 saturated heterocycles. The first-order chi connectivity index (χ1) is 15.9. The molecular formula is C25H30N4O3S. The van der Waals surface area contributed by atoms with Gasteiger partial charge in [-0.3, -0.25) is 4.79 Å². The monoisotopic (exact) mass is 466 g/mol. The minimum atomic E-state index is -3.64. The lowest BCUT2D eigenvalue weighted by Crippen LogP contribution is -2.41. The Morgan fingerprint density at radius 3 is 2.45 bits per heavy atom. The van der Waals surface area contributed by atoms with E-state index in [1.165, 1.54) is 0 Å². The number of amides is 1. The Labute approximate surface area is 194 Å². The Kier molecular flexibility index (Phi) is 5.97. The average Bonchev–Trinajstić information content (AvgIpc) is 3.58. The van der Waals surface area contributed by atoms with Crippen LogP contribution in [-0.2, 0) is 14.8 Å². The molecule has 0 aliphatic heterocycles. The maximum absolute atomic E-state index is 13.0. The van der Waals surface area contributed by atoms with Gasteiger partial charge in [0.25, 0.3) is 0 Å². The highest BCUT2D eigenvalue weighted by molar-refractivity contribution is 7.89. The van der Waals surface area contributed by atoms with Gasteiger partial charge in [-0.2, -0.15) is 0 Å². The molecule has 0 unspecified atom stereocenters. The molecule has 0 bridgehead atoms. The van der Waals surface area contributed by atoms with Crippen molar-refractivity contribution in [2.45, 2.75) is 68.3 Å². The van der Waals surface area contributed by atoms with Crippen molar-refractivity contribution < 1.29 is 13.2 Å². The standard InChI is InChI=1S/C25H30N4O3S/c1-16(17-5-3-2-4-6-17)26-25(30)19-9-11-20(12-10-19)29-33(31,32)21-13-14-22-23(15-21)28-24(27-22)18-7-8-18/h2-6,13-16,18-20,29H,7-12H2,1H3,(H,26,30)(H,27,28)/t16-,19-,20-/m1/s1. The van der Waals surface area contributed by atoms with Crippen LogP contribution >= 0.6 is 0 Å². The van der Waals surface area contributed by atoms with Crippen LogP contribution in [0.4, 0.5) is 0 Å². The fraction of sp³-hybridized carbons (Fsp3) is 0.440. The lowest BCUT2D eigenvalue weighted by molar-refractivity contribution is -0.126. The van der Waals surface area contributed by atoms with Gasteiger partial charge in [0.1, 0.15) is 5.82 Å². The summed E-state index contributed by atoms with van der Waals surface area (Å²) < 4.78 is 28.8. The van der Waals surface area contributed by atoms with E-state index in [0.29, 0.717) is 37.1 Å². The topological polar surface area (TPSA) is 104 Å². The molecule has 1 atom stereocenters. The Hall–Kier alpha value is -2.71. The molecule has 0 spiro atoms. The maximum Gasteiger partial charge on any atom is 0.240 e. The molecule has 5 rings (SSSR count). The normalized spacial score (nSPS) is 22.2. The largest absolute Gasteiger partial charge is 0.349 e. The van der Waals surface area contributed by atoms with Crippen molar-refractivity contribution in [1.29, 1.82) is 0 Å². The summed E-state index contributed by atoms with van der Waals surface area (Å²) in [5.41, 5.74) is 2.63. The van der Waals surface area contributed by atoms with Crippen molar-refractivity contribution in [3.63, 3.8) is 0 Å². The third-order valence-electron chi connectivity index (χ3n) is 6.83. The summed E-state index contributed by atoms with van der Waals surface area (Å²) in [5, 5.41) is 3.10. The second-order valence-corrected chi connectivity index (χ2v) is 11.1. The SMILES string of the molecule is C[C@@H](NC(=O)[C@H]1CC[C@H](NS(=O)(=O)c2ccc3[nH]c(C4CC4)nc3c2)CC1)c1ccccc1. The number of aromatic amines is 1. The van der Waals surface area contributed by atoms with Crippen LogP contribution < -0.4 is 10.0 Å². The van der Waals surface area contributed by atoms with Gasteiger partial charge in [-0.1, -0.05) is 30.3 Å². The number of hydrogen-bond donors (Lipinski definition) is 3. The number of carbonyl (C=O) groups excluding carboxylic acids is 1. The molecule has 3 aromatic rings. The van der Waals surface area contributed by atoms with Gasteiger partial charge in [-0.05, 0) is 69.2 Å². The van der Waals surface area contributed by atoms with E-state index in [0.717, 1.165) is 29.7 Å². The Morgan fingerprint density at radius 2 is 1.76 bits per heavy atom. The van der Waals surface area contributed by atoms with Crippen molar-refractivity contribution >= 4 is 27.0 Å². The van der Waals surface area contributed by atoms with Gasteiger partial charge in [-0.15, -0.1) is 0 Å². The summed E-state index contributed by atoms with van der Waals surface area (Å²) in [6, 6.07) is 14.7. The van der Waals surface area contributed by atoms with Crippen LogP contribution in [0, 0.1) is 5.92 Å². The first-order valence-corrected chi connectivity index (χ1v) is 13.2. The number of imidazole rings is 1. The van der Waals surface area contributed by atoms with Gasteiger partial charge in [0.2, 0.25) is 15.9 Å². The van der Waals surface area contributed by atoms with Crippen molar-refractivity contribution in [2.75, 3.05) is 0 Å². The molecule has 2 saturated carbocycles. The van der Waals surface area contributed by atoms with Crippen molar-refractivity contribution in [3.8, 4) is 0 Å². The van der Waals surface area contributed by atoms with Crippen LogP contribution in [0.3, 0.4) is 0 Å². The second kappa shape index (κ2) is 8.91. The van der Waals surface area contributed by atoms with E-state index in [1.807, 2.05) is 37.3 Å². The number of carbonyl (C=O) groups is 1. The van der Waals surface area contributed by atoms with Gasteiger partial charge in [0.05, 0.1) is 22.0 Å². The number of H-pyrrole nitrogens is 1. The summed E-state index contributed by atoms with van der Waals surface area (Å²) in [6.45, 7) is 1.98. The molecule has 0 radical (unpaired) electrons. The minimum Gasteiger partial charge on any atom is -0.349 e. The average molecular weight is 467 g/mol. The Morgan fingerprint density at radius 1 is 1.03 bits per heavy atom. The van der Waals surface area contributed by atoms with Gasteiger partial charge in [0, 0.05) is 17.9 Å². The van der Waals surface area contributed by atoms with E-state index in [1.54, 1.807) is 18.2 Å². The fourth-order valence-corrected chi connectivity index (χ4v) is 5.96. The summed E-state index contributed by atoms with van der Waals surface area (Å²) in [5.74, 6) is 1.39. The first-order valence-electron chi connectivity index (χ1n) is 11.8. The zero-order chi connectivity index (χ0) is 23.0. The van der Waals surface area contributed by atoms with E-state index in [9.17, 15) is 13.2 Å². The van der Waals surface area contributed by atoms with E-state index >= 15 is 0 Å². The number of nitrogens with one attached hydrogen (secondary N) is 3. The van der Waals surface area contributed by atoms with Gasteiger partial charge in [0.15, 0.2) is 0 Å². The number of nitrogens with zero attached hydrogens (tertiary/aromatic N) is 1. The van der Waals surface area contributed by atoms with Crippen molar-refractivity contribution in [1.82, 2.24) is 20.0 Å². The quantitative estimate of drug-likeness (QED) is 0.486. The molecule has 2 aliphatic carbocycles. The summed E-state index contributed by atoms with van der Waals surface area (Å²) in [4.78, 5) is 20.8. The molecular weight excluding hydrogens is 436 g/mol. The van der Waals surface area contributed by atoms with Crippen LogP contribution in [0.2, 0.25) is 0 Å². The van der Waals surface area contributed by atoms with Crippen LogP contribution in [-0.4, -0.2) is 30.3 Å². The highest BCUT2D eigenvalue weighted by Crippen LogP contribution is 2.39. The van der Waals surface area contributed by atoms with Crippen LogP contribution in [0.25, 0.3) is 11.0 Å². The third-order valence-corrected chi connectivity index (χ3v) is 8.34. The molecule has 33 heavy (non-hydrogen) atoms. The van der Waals surface area contributed by atoms with Gasteiger partial charge >= 0.3 is 0 Å². The highest BCUT2D eigenvalue weighted by atomic mass is 32.2. The molecule has 1 heterocycles. The van der Waals surface area contributed by atoms with Gasteiger partial charge in [-0.25, -0.2) is 18.1 Å². The predicted octanol–water partition coefficient (Wildman–Crippen LogP) is 4.15. The number of aromatic nitrogens is 2. The van der Waals surface area contributed by atoms with E-state index < -0.39 is 10.0 Å².